The maximum atomic E-state index is 9.67. The third-order valence-electron chi connectivity index (χ3n) is 2.98. The molecule has 1 saturated heterocycles. The van der Waals surface area contributed by atoms with Crippen LogP contribution in [0.3, 0.4) is 0 Å². The number of aliphatic hydroxyl groups excluding tert-OH is 1. The van der Waals surface area contributed by atoms with Crippen LogP contribution in [0.5, 0.6) is 0 Å². The molecule has 0 aromatic carbocycles. The molecule has 0 spiro atoms. The van der Waals surface area contributed by atoms with Crippen LogP contribution in [0.1, 0.15) is 25.0 Å². The maximum Gasteiger partial charge on any atom is 0.128 e. The molecule has 4 heteroatoms. The molecule has 16 heavy (non-hydrogen) atoms. The smallest absolute Gasteiger partial charge is 0.128 e. The first-order chi connectivity index (χ1) is 7.81. The van der Waals surface area contributed by atoms with Crippen molar-refractivity contribution in [2.24, 2.45) is 0 Å². The second kappa shape index (κ2) is 5.27. The minimum absolute atomic E-state index is 0.385. The van der Waals surface area contributed by atoms with Crippen molar-refractivity contribution in [1.82, 2.24) is 10.3 Å². The highest BCUT2D eigenvalue weighted by atomic mass is 16.3. The lowest BCUT2D eigenvalue weighted by atomic mass is 10.1. The number of hydrogen-bond acceptors (Lipinski definition) is 4. The van der Waals surface area contributed by atoms with Crippen LogP contribution in [0.2, 0.25) is 0 Å². The fourth-order valence-corrected chi connectivity index (χ4v) is 1.91. The number of nitrogens with one attached hydrogen (secondary N) is 1. The summed E-state index contributed by atoms with van der Waals surface area (Å²) in [6.07, 6.45) is 2.13. The zero-order valence-corrected chi connectivity index (χ0v) is 9.69. The molecule has 0 radical (unpaired) electrons. The number of aromatic nitrogens is 1. The van der Waals surface area contributed by atoms with E-state index in [1.165, 1.54) is 0 Å². The van der Waals surface area contributed by atoms with Crippen molar-refractivity contribution in [3.8, 4) is 0 Å². The molecule has 1 fully saturated rings. The molecule has 4 nitrogen and oxygen atoms in total. The summed E-state index contributed by atoms with van der Waals surface area (Å²) in [4.78, 5) is 6.67. The Bertz CT molecular complexity index is 320. The molecular formula is C12H19N3O. The SMILES string of the molecule is CC[C@@H](O)c1ccc(N2CCNCC2)nc1. The van der Waals surface area contributed by atoms with E-state index in [-0.39, 0.29) is 6.10 Å². The number of aliphatic hydroxyl groups is 1. The number of rotatable bonds is 3. The third-order valence-corrected chi connectivity index (χ3v) is 2.98. The van der Waals surface area contributed by atoms with E-state index in [4.69, 9.17) is 0 Å². The van der Waals surface area contributed by atoms with Gasteiger partial charge in [-0.25, -0.2) is 4.98 Å². The van der Waals surface area contributed by atoms with Gasteiger partial charge < -0.3 is 15.3 Å². The van der Waals surface area contributed by atoms with E-state index >= 15 is 0 Å². The van der Waals surface area contributed by atoms with Crippen LogP contribution in [0.15, 0.2) is 18.3 Å². The second-order valence-corrected chi connectivity index (χ2v) is 4.11. The van der Waals surface area contributed by atoms with Gasteiger partial charge in [0.25, 0.3) is 0 Å². The molecule has 0 unspecified atom stereocenters. The predicted octanol–water partition coefficient (Wildman–Crippen LogP) is 0.935. The van der Waals surface area contributed by atoms with Gasteiger partial charge in [0.2, 0.25) is 0 Å². The van der Waals surface area contributed by atoms with Gasteiger partial charge in [-0.2, -0.15) is 0 Å². The Kier molecular flexibility index (Phi) is 3.74. The first-order valence-electron chi connectivity index (χ1n) is 5.91. The van der Waals surface area contributed by atoms with Crippen molar-refractivity contribution in [2.75, 3.05) is 31.1 Å². The van der Waals surface area contributed by atoms with E-state index < -0.39 is 0 Å². The van der Waals surface area contributed by atoms with Crippen molar-refractivity contribution in [2.45, 2.75) is 19.4 Å². The largest absolute Gasteiger partial charge is 0.388 e. The predicted molar refractivity (Wildman–Crippen MR) is 64.6 cm³/mol. The topological polar surface area (TPSA) is 48.4 Å². The lowest BCUT2D eigenvalue weighted by Gasteiger charge is -2.28. The van der Waals surface area contributed by atoms with Crippen LogP contribution in [0.4, 0.5) is 5.82 Å². The molecule has 1 atom stereocenters. The van der Waals surface area contributed by atoms with E-state index in [2.05, 4.69) is 15.2 Å². The maximum absolute atomic E-state index is 9.67. The van der Waals surface area contributed by atoms with Gasteiger partial charge in [0.15, 0.2) is 0 Å². The van der Waals surface area contributed by atoms with Gasteiger partial charge >= 0.3 is 0 Å². The molecule has 2 N–H and O–H groups in total. The van der Waals surface area contributed by atoms with Crippen LogP contribution in [-0.4, -0.2) is 36.3 Å². The summed E-state index contributed by atoms with van der Waals surface area (Å²) in [5.74, 6) is 1.01. The molecule has 0 amide bonds. The van der Waals surface area contributed by atoms with Gasteiger partial charge in [-0.15, -0.1) is 0 Å². The summed E-state index contributed by atoms with van der Waals surface area (Å²) in [5, 5.41) is 13.0. The lowest BCUT2D eigenvalue weighted by molar-refractivity contribution is 0.173. The van der Waals surface area contributed by atoms with Gasteiger partial charge in [0.1, 0.15) is 5.82 Å². The molecule has 1 aromatic rings. The Balaban J connectivity index is 2.06. The average Bonchev–Trinajstić information content (AvgIpc) is 2.39. The summed E-state index contributed by atoms with van der Waals surface area (Å²) in [7, 11) is 0. The van der Waals surface area contributed by atoms with E-state index in [1.807, 2.05) is 19.1 Å². The highest BCUT2D eigenvalue weighted by Gasteiger charge is 2.12. The summed E-state index contributed by atoms with van der Waals surface area (Å²) in [6, 6.07) is 3.97. The zero-order chi connectivity index (χ0) is 11.4. The lowest BCUT2D eigenvalue weighted by Crippen LogP contribution is -2.43. The van der Waals surface area contributed by atoms with Crippen LogP contribution in [0.25, 0.3) is 0 Å². The fourth-order valence-electron chi connectivity index (χ4n) is 1.91. The van der Waals surface area contributed by atoms with Gasteiger partial charge in [-0.1, -0.05) is 13.0 Å². The molecular weight excluding hydrogens is 202 g/mol. The molecule has 0 aliphatic carbocycles. The van der Waals surface area contributed by atoms with Crippen molar-refractivity contribution >= 4 is 5.82 Å². The van der Waals surface area contributed by atoms with Crippen molar-refractivity contribution < 1.29 is 5.11 Å². The third kappa shape index (κ3) is 2.51. The summed E-state index contributed by atoms with van der Waals surface area (Å²) < 4.78 is 0. The van der Waals surface area contributed by atoms with E-state index in [9.17, 15) is 5.11 Å². The average molecular weight is 221 g/mol. The molecule has 0 saturated carbocycles. The molecule has 2 heterocycles. The van der Waals surface area contributed by atoms with Crippen molar-refractivity contribution in [3.05, 3.63) is 23.9 Å². The molecule has 0 bridgehead atoms. The number of hydrogen-bond donors (Lipinski definition) is 2. The van der Waals surface area contributed by atoms with Gasteiger partial charge in [-0.05, 0) is 18.1 Å². The quantitative estimate of drug-likeness (QED) is 0.797. The monoisotopic (exact) mass is 221 g/mol. The normalized spacial score (nSPS) is 18.5. The van der Waals surface area contributed by atoms with E-state index in [0.717, 1.165) is 44.0 Å². The minimum Gasteiger partial charge on any atom is -0.388 e. The zero-order valence-electron chi connectivity index (χ0n) is 9.69. The van der Waals surface area contributed by atoms with E-state index in [0.29, 0.717) is 0 Å². The van der Waals surface area contributed by atoms with Crippen LogP contribution >= 0.6 is 0 Å². The Hall–Kier alpha value is -1.13. The number of piperazine rings is 1. The molecule has 1 aromatic heterocycles. The number of anilines is 1. The van der Waals surface area contributed by atoms with E-state index in [1.54, 1.807) is 6.20 Å². The Morgan fingerprint density at radius 1 is 1.44 bits per heavy atom. The van der Waals surface area contributed by atoms with Crippen LogP contribution in [-0.2, 0) is 0 Å². The minimum atomic E-state index is -0.385. The molecule has 2 rings (SSSR count). The van der Waals surface area contributed by atoms with Crippen molar-refractivity contribution in [3.63, 3.8) is 0 Å². The second-order valence-electron chi connectivity index (χ2n) is 4.11. The van der Waals surface area contributed by atoms with Crippen LogP contribution < -0.4 is 10.2 Å². The molecule has 88 valence electrons. The highest BCUT2D eigenvalue weighted by molar-refractivity contribution is 5.40. The van der Waals surface area contributed by atoms with Gasteiger partial charge in [0, 0.05) is 32.4 Å². The Morgan fingerprint density at radius 2 is 2.19 bits per heavy atom. The summed E-state index contributed by atoms with van der Waals surface area (Å²) >= 11 is 0. The first-order valence-corrected chi connectivity index (χ1v) is 5.91. The molecule has 1 aliphatic rings. The van der Waals surface area contributed by atoms with Gasteiger partial charge in [0.05, 0.1) is 6.10 Å². The Labute approximate surface area is 96.3 Å². The summed E-state index contributed by atoms with van der Waals surface area (Å²) in [5.41, 5.74) is 0.904. The molecule has 1 aliphatic heterocycles. The fraction of sp³-hybridized carbons (Fsp3) is 0.583. The summed E-state index contributed by atoms with van der Waals surface area (Å²) in [6.45, 7) is 6.00. The number of nitrogens with zero attached hydrogens (tertiary/aromatic N) is 2. The highest BCUT2D eigenvalue weighted by Crippen LogP contribution is 2.18. The first kappa shape index (κ1) is 11.4. The van der Waals surface area contributed by atoms with Crippen LogP contribution in [0, 0.1) is 0 Å². The standard InChI is InChI=1S/C12H19N3O/c1-2-11(16)10-3-4-12(14-9-10)15-7-5-13-6-8-15/h3-4,9,11,13,16H,2,5-8H2,1H3/t11-/m1/s1. The number of pyridine rings is 1. The van der Waals surface area contributed by atoms with Crippen molar-refractivity contribution in [1.29, 1.82) is 0 Å². The van der Waals surface area contributed by atoms with Gasteiger partial charge in [-0.3, -0.25) is 0 Å². The Morgan fingerprint density at radius 3 is 2.75 bits per heavy atom.